The molecule has 0 spiro atoms. The van der Waals surface area contributed by atoms with Crippen molar-refractivity contribution >= 4 is 23.6 Å². The number of halogens is 1. The van der Waals surface area contributed by atoms with Crippen LogP contribution in [0.25, 0.3) is 6.08 Å². The van der Waals surface area contributed by atoms with E-state index in [-0.39, 0.29) is 11.8 Å². The first kappa shape index (κ1) is 16.7. The lowest BCUT2D eigenvalue weighted by molar-refractivity contribution is -0.127. The van der Waals surface area contributed by atoms with Crippen molar-refractivity contribution in [1.29, 1.82) is 0 Å². The predicted octanol–water partition coefficient (Wildman–Crippen LogP) is 3.70. The van der Waals surface area contributed by atoms with Crippen molar-refractivity contribution in [3.63, 3.8) is 0 Å². The van der Waals surface area contributed by atoms with Gasteiger partial charge in [-0.1, -0.05) is 35.8 Å². The van der Waals surface area contributed by atoms with Gasteiger partial charge in [-0.3, -0.25) is 4.79 Å². The van der Waals surface area contributed by atoms with Gasteiger partial charge in [0.05, 0.1) is 5.92 Å². The second-order valence-corrected chi connectivity index (χ2v) is 6.35. The number of hydrogen-bond acceptors (Lipinski definition) is 4. The number of nitrogens with zero attached hydrogens (tertiary/aromatic N) is 3. The van der Waals surface area contributed by atoms with Crippen molar-refractivity contribution in [3.05, 3.63) is 52.6 Å². The average Bonchev–Trinajstić information content (AvgIpc) is 3.10. The number of aryl methyl sites for hydroxylation is 1. The molecule has 1 fully saturated rings. The van der Waals surface area contributed by atoms with E-state index in [1.165, 1.54) is 0 Å². The van der Waals surface area contributed by atoms with Crippen LogP contribution in [0.1, 0.15) is 43.0 Å². The van der Waals surface area contributed by atoms with Crippen molar-refractivity contribution in [2.75, 3.05) is 13.1 Å². The van der Waals surface area contributed by atoms with Crippen LogP contribution in [0.4, 0.5) is 0 Å². The molecule has 0 N–H and O–H groups in total. The summed E-state index contributed by atoms with van der Waals surface area (Å²) in [6.45, 7) is 3.37. The van der Waals surface area contributed by atoms with Gasteiger partial charge in [-0.15, -0.1) is 0 Å². The molecule has 1 aliphatic rings. The van der Waals surface area contributed by atoms with E-state index in [0.29, 0.717) is 17.5 Å². The molecule has 5 nitrogen and oxygen atoms in total. The summed E-state index contributed by atoms with van der Waals surface area (Å²) >= 11 is 5.86. The van der Waals surface area contributed by atoms with Crippen LogP contribution in [0.2, 0.25) is 5.02 Å². The van der Waals surface area contributed by atoms with Crippen molar-refractivity contribution in [2.24, 2.45) is 0 Å². The van der Waals surface area contributed by atoms with Gasteiger partial charge in [0.25, 0.3) is 0 Å². The number of carbonyl (C=O) groups excluding carboxylic acids is 1. The van der Waals surface area contributed by atoms with Gasteiger partial charge >= 0.3 is 0 Å². The van der Waals surface area contributed by atoms with E-state index in [1.54, 1.807) is 6.08 Å². The largest absolute Gasteiger partial charge is 0.339 e. The molecule has 0 bridgehead atoms. The van der Waals surface area contributed by atoms with Gasteiger partial charge < -0.3 is 9.42 Å². The van der Waals surface area contributed by atoms with Gasteiger partial charge in [-0.25, -0.2) is 0 Å². The Hall–Kier alpha value is -2.14. The van der Waals surface area contributed by atoms with E-state index in [9.17, 15) is 4.79 Å². The summed E-state index contributed by atoms with van der Waals surface area (Å²) in [6.07, 6.45) is 6.08. The number of benzene rings is 1. The molecule has 0 saturated carbocycles. The van der Waals surface area contributed by atoms with Crippen LogP contribution in [0.5, 0.6) is 0 Å². The molecule has 1 saturated heterocycles. The van der Waals surface area contributed by atoms with E-state index in [1.807, 2.05) is 42.2 Å². The fraction of sp³-hybridized carbons (Fsp3) is 0.389. The van der Waals surface area contributed by atoms with Crippen LogP contribution < -0.4 is 0 Å². The molecule has 1 atom stereocenters. The molecule has 1 aromatic carbocycles. The van der Waals surface area contributed by atoms with Gasteiger partial charge in [-0.2, -0.15) is 4.98 Å². The average molecular weight is 346 g/mol. The normalized spacial score (nSPS) is 18.2. The standard InChI is InChI=1S/C18H20ClN3O2/c1-2-16-20-18(24-21-16)14-4-3-11-22(12-14)17(23)10-7-13-5-8-15(19)9-6-13/h5-10,14H,2-4,11-12H2,1H3. The number of piperidine rings is 1. The Morgan fingerprint density at radius 3 is 2.92 bits per heavy atom. The van der Waals surface area contributed by atoms with Crippen molar-refractivity contribution in [1.82, 2.24) is 15.0 Å². The molecule has 6 heteroatoms. The van der Waals surface area contributed by atoms with E-state index in [4.69, 9.17) is 16.1 Å². The van der Waals surface area contributed by atoms with Gasteiger partial charge in [0.2, 0.25) is 11.8 Å². The lowest BCUT2D eigenvalue weighted by atomic mass is 9.98. The Morgan fingerprint density at radius 1 is 1.42 bits per heavy atom. The Labute approximate surface area is 146 Å². The van der Waals surface area contributed by atoms with Crippen LogP contribution >= 0.6 is 11.6 Å². The quantitative estimate of drug-likeness (QED) is 0.793. The highest BCUT2D eigenvalue weighted by molar-refractivity contribution is 6.30. The zero-order valence-corrected chi connectivity index (χ0v) is 14.4. The molecule has 3 rings (SSSR count). The highest BCUT2D eigenvalue weighted by Gasteiger charge is 2.27. The summed E-state index contributed by atoms with van der Waals surface area (Å²) in [4.78, 5) is 18.7. The SMILES string of the molecule is CCc1noc(C2CCCN(C(=O)C=Cc3ccc(Cl)cc3)C2)n1. The van der Waals surface area contributed by atoms with E-state index >= 15 is 0 Å². The molecule has 1 aromatic heterocycles. The minimum absolute atomic E-state index is 0.00452. The van der Waals surface area contributed by atoms with Crippen LogP contribution in [-0.2, 0) is 11.2 Å². The van der Waals surface area contributed by atoms with E-state index in [0.717, 1.165) is 37.2 Å². The molecular formula is C18H20ClN3O2. The zero-order chi connectivity index (χ0) is 16.9. The van der Waals surface area contributed by atoms with Crippen LogP contribution in [-0.4, -0.2) is 34.0 Å². The number of rotatable bonds is 4. The van der Waals surface area contributed by atoms with Crippen LogP contribution in [0, 0.1) is 0 Å². The zero-order valence-electron chi connectivity index (χ0n) is 13.6. The monoisotopic (exact) mass is 345 g/mol. The molecule has 126 valence electrons. The molecule has 1 amide bonds. The third-order valence-electron chi connectivity index (χ3n) is 4.17. The molecule has 24 heavy (non-hydrogen) atoms. The second-order valence-electron chi connectivity index (χ2n) is 5.91. The van der Waals surface area contributed by atoms with Gasteiger partial charge in [0.1, 0.15) is 0 Å². The molecule has 1 unspecified atom stereocenters. The molecule has 0 aliphatic carbocycles. The number of aromatic nitrogens is 2. The van der Waals surface area contributed by atoms with E-state index < -0.39 is 0 Å². The first-order valence-corrected chi connectivity index (χ1v) is 8.58. The van der Waals surface area contributed by atoms with Crippen molar-refractivity contribution in [3.8, 4) is 0 Å². The maximum absolute atomic E-state index is 12.4. The summed E-state index contributed by atoms with van der Waals surface area (Å²) in [7, 11) is 0. The molecular weight excluding hydrogens is 326 g/mol. The first-order valence-electron chi connectivity index (χ1n) is 8.20. The maximum Gasteiger partial charge on any atom is 0.246 e. The number of hydrogen-bond donors (Lipinski definition) is 0. The third-order valence-corrected chi connectivity index (χ3v) is 4.42. The van der Waals surface area contributed by atoms with Crippen molar-refractivity contribution in [2.45, 2.75) is 32.1 Å². The topological polar surface area (TPSA) is 59.2 Å². The second kappa shape index (κ2) is 7.62. The smallest absolute Gasteiger partial charge is 0.246 e. The number of likely N-dealkylation sites (tertiary alicyclic amines) is 1. The summed E-state index contributed by atoms with van der Waals surface area (Å²) < 4.78 is 5.33. The van der Waals surface area contributed by atoms with Gasteiger partial charge in [0.15, 0.2) is 5.82 Å². The summed E-state index contributed by atoms with van der Waals surface area (Å²) in [5.74, 6) is 1.49. The van der Waals surface area contributed by atoms with Crippen LogP contribution in [0.15, 0.2) is 34.9 Å². The van der Waals surface area contributed by atoms with Gasteiger partial charge in [0, 0.05) is 30.6 Å². The third kappa shape index (κ3) is 4.03. The lowest BCUT2D eigenvalue weighted by Gasteiger charge is -2.30. The maximum atomic E-state index is 12.4. The number of amides is 1. The van der Waals surface area contributed by atoms with Gasteiger partial charge in [-0.05, 0) is 36.6 Å². The fourth-order valence-corrected chi connectivity index (χ4v) is 2.93. The highest BCUT2D eigenvalue weighted by Crippen LogP contribution is 2.26. The molecule has 0 radical (unpaired) electrons. The Balaban J connectivity index is 1.63. The fourth-order valence-electron chi connectivity index (χ4n) is 2.80. The summed E-state index contributed by atoms with van der Waals surface area (Å²) in [6, 6.07) is 7.39. The first-order chi connectivity index (χ1) is 11.7. The lowest BCUT2D eigenvalue weighted by Crippen LogP contribution is -2.38. The minimum Gasteiger partial charge on any atom is -0.339 e. The summed E-state index contributed by atoms with van der Waals surface area (Å²) in [5, 5.41) is 4.63. The van der Waals surface area contributed by atoms with E-state index in [2.05, 4.69) is 10.1 Å². The van der Waals surface area contributed by atoms with Crippen LogP contribution in [0.3, 0.4) is 0 Å². The summed E-state index contributed by atoms with van der Waals surface area (Å²) in [5.41, 5.74) is 0.950. The Bertz CT molecular complexity index is 724. The Kier molecular flexibility index (Phi) is 5.30. The molecule has 2 aromatic rings. The Morgan fingerprint density at radius 2 is 2.21 bits per heavy atom. The highest BCUT2D eigenvalue weighted by atomic mass is 35.5. The minimum atomic E-state index is 0.00452. The van der Waals surface area contributed by atoms with Crippen molar-refractivity contribution < 1.29 is 9.32 Å². The predicted molar refractivity (Wildman–Crippen MR) is 92.7 cm³/mol. The number of carbonyl (C=O) groups is 1. The molecule has 2 heterocycles. The molecule has 1 aliphatic heterocycles.